The van der Waals surface area contributed by atoms with Crippen LogP contribution >= 0.6 is 27.5 Å². The standard InChI is InChI=1S/C20H17BrClN5O2/c1-11-3-4-12(2)16(9-11)24-19(29)17-15(22)10-23-20(25-17)27-26-18(28)13-5-7-14(21)8-6-13/h3-10H,1-2H3,(H,24,29)(H,26,28)(H,23,25,27). The number of aryl methyl sites for hydroxylation is 2. The Morgan fingerprint density at radius 2 is 1.76 bits per heavy atom. The number of hydrazine groups is 1. The second kappa shape index (κ2) is 9.02. The number of amides is 2. The number of halogens is 2. The summed E-state index contributed by atoms with van der Waals surface area (Å²) in [6.07, 6.45) is 1.29. The largest absolute Gasteiger partial charge is 0.320 e. The quantitative estimate of drug-likeness (QED) is 0.473. The molecule has 0 spiro atoms. The molecule has 7 nitrogen and oxygen atoms in total. The molecule has 2 aromatic carbocycles. The molecular formula is C20H17BrClN5O2. The first-order valence-electron chi connectivity index (χ1n) is 8.56. The third-order valence-electron chi connectivity index (χ3n) is 3.99. The number of rotatable bonds is 5. The van der Waals surface area contributed by atoms with Crippen LogP contribution in [0.2, 0.25) is 5.02 Å². The van der Waals surface area contributed by atoms with Crippen LogP contribution in [-0.4, -0.2) is 21.8 Å². The lowest BCUT2D eigenvalue weighted by molar-refractivity contribution is 0.0961. The minimum absolute atomic E-state index is 0.0111. The van der Waals surface area contributed by atoms with Crippen molar-refractivity contribution < 1.29 is 9.59 Å². The fraction of sp³-hybridized carbons (Fsp3) is 0.100. The van der Waals surface area contributed by atoms with E-state index in [0.717, 1.165) is 15.6 Å². The highest BCUT2D eigenvalue weighted by molar-refractivity contribution is 9.10. The van der Waals surface area contributed by atoms with Crippen LogP contribution in [0.1, 0.15) is 32.0 Å². The van der Waals surface area contributed by atoms with E-state index in [4.69, 9.17) is 11.6 Å². The van der Waals surface area contributed by atoms with E-state index in [-0.39, 0.29) is 22.6 Å². The van der Waals surface area contributed by atoms with Crippen LogP contribution in [0, 0.1) is 13.8 Å². The van der Waals surface area contributed by atoms with E-state index in [9.17, 15) is 9.59 Å². The van der Waals surface area contributed by atoms with Crippen molar-refractivity contribution in [1.29, 1.82) is 0 Å². The van der Waals surface area contributed by atoms with Gasteiger partial charge in [-0.25, -0.2) is 9.97 Å². The van der Waals surface area contributed by atoms with E-state index in [0.29, 0.717) is 11.3 Å². The lowest BCUT2D eigenvalue weighted by atomic mass is 10.1. The third kappa shape index (κ3) is 5.30. The van der Waals surface area contributed by atoms with Gasteiger partial charge >= 0.3 is 0 Å². The molecule has 0 atom stereocenters. The van der Waals surface area contributed by atoms with Gasteiger partial charge in [0, 0.05) is 15.7 Å². The number of carbonyl (C=O) groups is 2. The highest BCUT2D eigenvalue weighted by Crippen LogP contribution is 2.20. The zero-order valence-electron chi connectivity index (χ0n) is 15.6. The van der Waals surface area contributed by atoms with Crippen molar-refractivity contribution in [2.24, 2.45) is 0 Å². The zero-order valence-corrected chi connectivity index (χ0v) is 17.9. The van der Waals surface area contributed by atoms with Crippen LogP contribution in [0.3, 0.4) is 0 Å². The predicted molar refractivity (Wildman–Crippen MR) is 116 cm³/mol. The van der Waals surface area contributed by atoms with Crippen molar-refractivity contribution in [3.8, 4) is 0 Å². The van der Waals surface area contributed by atoms with Crippen molar-refractivity contribution in [2.75, 3.05) is 10.7 Å². The Morgan fingerprint density at radius 1 is 1.03 bits per heavy atom. The summed E-state index contributed by atoms with van der Waals surface area (Å²) in [6, 6.07) is 12.6. The topological polar surface area (TPSA) is 96.0 Å². The zero-order chi connectivity index (χ0) is 21.0. The van der Waals surface area contributed by atoms with Crippen LogP contribution in [-0.2, 0) is 0 Å². The van der Waals surface area contributed by atoms with Crippen molar-refractivity contribution in [3.05, 3.63) is 80.5 Å². The number of hydrogen-bond donors (Lipinski definition) is 3. The van der Waals surface area contributed by atoms with Crippen LogP contribution in [0.5, 0.6) is 0 Å². The van der Waals surface area contributed by atoms with Gasteiger partial charge in [0.2, 0.25) is 5.95 Å². The Labute approximate surface area is 181 Å². The second-order valence-electron chi connectivity index (χ2n) is 6.25. The molecule has 2 amide bonds. The Bertz CT molecular complexity index is 1070. The number of benzene rings is 2. The minimum Gasteiger partial charge on any atom is -0.320 e. The SMILES string of the molecule is Cc1ccc(C)c(NC(=O)c2nc(NNC(=O)c3ccc(Br)cc3)ncc2Cl)c1. The number of carbonyl (C=O) groups excluding carboxylic acids is 2. The molecule has 3 aromatic rings. The third-order valence-corrected chi connectivity index (χ3v) is 4.80. The maximum absolute atomic E-state index is 12.6. The van der Waals surface area contributed by atoms with E-state index < -0.39 is 5.91 Å². The van der Waals surface area contributed by atoms with Gasteiger partial charge in [0.15, 0.2) is 5.69 Å². The molecule has 0 saturated heterocycles. The molecule has 0 fully saturated rings. The van der Waals surface area contributed by atoms with Gasteiger partial charge in [-0.1, -0.05) is 39.7 Å². The molecule has 29 heavy (non-hydrogen) atoms. The van der Waals surface area contributed by atoms with E-state index in [2.05, 4.69) is 42.1 Å². The first kappa shape index (κ1) is 20.8. The molecule has 0 bridgehead atoms. The fourth-order valence-corrected chi connectivity index (χ4v) is 2.87. The van der Waals surface area contributed by atoms with Gasteiger partial charge in [0.25, 0.3) is 11.8 Å². The molecule has 0 saturated carbocycles. The maximum Gasteiger partial charge on any atom is 0.276 e. The number of hydrogen-bond acceptors (Lipinski definition) is 5. The number of nitrogens with one attached hydrogen (secondary N) is 3. The van der Waals surface area contributed by atoms with E-state index in [1.165, 1.54) is 6.20 Å². The van der Waals surface area contributed by atoms with Crippen molar-refractivity contribution in [1.82, 2.24) is 15.4 Å². The molecule has 3 rings (SSSR count). The van der Waals surface area contributed by atoms with Crippen LogP contribution in [0.25, 0.3) is 0 Å². The lowest BCUT2D eigenvalue weighted by Crippen LogP contribution is -2.30. The summed E-state index contributed by atoms with van der Waals surface area (Å²) in [5.74, 6) is -0.822. The Kier molecular flexibility index (Phi) is 6.46. The van der Waals surface area contributed by atoms with Crippen LogP contribution in [0.4, 0.5) is 11.6 Å². The fourth-order valence-electron chi connectivity index (χ4n) is 2.42. The van der Waals surface area contributed by atoms with Gasteiger partial charge in [-0.05, 0) is 55.3 Å². The molecule has 1 heterocycles. The van der Waals surface area contributed by atoms with Crippen molar-refractivity contribution in [2.45, 2.75) is 13.8 Å². The summed E-state index contributed by atoms with van der Waals surface area (Å²) in [6.45, 7) is 3.82. The normalized spacial score (nSPS) is 10.3. The molecular weight excluding hydrogens is 458 g/mol. The molecule has 0 radical (unpaired) electrons. The number of anilines is 2. The van der Waals surface area contributed by atoms with Gasteiger partial charge in [0.05, 0.1) is 11.2 Å². The molecule has 148 valence electrons. The Balaban J connectivity index is 1.72. The molecule has 9 heteroatoms. The predicted octanol–water partition coefficient (Wildman–Crippen LogP) is 4.52. The van der Waals surface area contributed by atoms with E-state index >= 15 is 0 Å². The molecule has 0 unspecified atom stereocenters. The van der Waals surface area contributed by atoms with Gasteiger partial charge in [-0.2, -0.15) is 0 Å². The summed E-state index contributed by atoms with van der Waals surface area (Å²) in [5, 5.41) is 2.89. The second-order valence-corrected chi connectivity index (χ2v) is 7.57. The highest BCUT2D eigenvalue weighted by atomic mass is 79.9. The summed E-state index contributed by atoms with van der Waals surface area (Å²) in [5.41, 5.74) is 8.10. The summed E-state index contributed by atoms with van der Waals surface area (Å²) in [7, 11) is 0. The number of nitrogens with zero attached hydrogens (tertiary/aromatic N) is 2. The molecule has 3 N–H and O–H groups in total. The average molecular weight is 475 g/mol. The minimum atomic E-state index is -0.478. The van der Waals surface area contributed by atoms with Crippen molar-refractivity contribution in [3.63, 3.8) is 0 Å². The summed E-state index contributed by atoms with van der Waals surface area (Å²) >= 11 is 9.41. The molecule has 0 aliphatic heterocycles. The molecule has 0 aliphatic carbocycles. The smallest absolute Gasteiger partial charge is 0.276 e. The van der Waals surface area contributed by atoms with E-state index in [1.54, 1.807) is 24.3 Å². The monoisotopic (exact) mass is 473 g/mol. The maximum atomic E-state index is 12.6. The summed E-state index contributed by atoms with van der Waals surface area (Å²) in [4.78, 5) is 32.9. The van der Waals surface area contributed by atoms with Crippen molar-refractivity contribution >= 4 is 51.0 Å². The van der Waals surface area contributed by atoms with Gasteiger partial charge < -0.3 is 5.32 Å². The lowest BCUT2D eigenvalue weighted by Gasteiger charge is -2.11. The number of aromatic nitrogens is 2. The van der Waals surface area contributed by atoms with Gasteiger partial charge in [-0.3, -0.25) is 20.4 Å². The van der Waals surface area contributed by atoms with Crippen LogP contribution in [0.15, 0.2) is 53.1 Å². The van der Waals surface area contributed by atoms with Gasteiger partial charge in [-0.15, -0.1) is 0 Å². The molecule has 0 aliphatic rings. The van der Waals surface area contributed by atoms with Gasteiger partial charge in [0.1, 0.15) is 0 Å². The Hall–Kier alpha value is -2.97. The van der Waals surface area contributed by atoms with E-state index in [1.807, 2.05) is 32.0 Å². The first-order chi connectivity index (χ1) is 13.8. The summed E-state index contributed by atoms with van der Waals surface area (Å²) < 4.78 is 0.863. The Morgan fingerprint density at radius 3 is 2.48 bits per heavy atom. The first-order valence-corrected chi connectivity index (χ1v) is 9.73. The molecule has 1 aromatic heterocycles. The highest BCUT2D eigenvalue weighted by Gasteiger charge is 2.16. The van der Waals surface area contributed by atoms with Crippen LogP contribution < -0.4 is 16.2 Å². The average Bonchev–Trinajstić information content (AvgIpc) is 2.70.